The number of unbranched alkanes of at least 4 members (excludes halogenated alkanes) is 19. The van der Waals surface area contributed by atoms with Crippen LogP contribution in [0, 0.1) is 0 Å². The van der Waals surface area contributed by atoms with Crippen LogP contribution in [-0.2, 0) is 14.3 Å². The van der Waals surface area contributed by atoms with Crippen molar-refractivity contribution in [3.8, 4) is 0 Å². The van der Waals surface area contributed by atoms with Gasteiger partial charge in [-0.05, 0) is 64.2 Å². The van der Waals surface area contributed by atoms with Crippen LogP contribution in [-0.4, -0.2) is 46.9 Å². The van der Waals surface area contributed by atoms with Crippen molar-refractivity contribution < 1.29 is 24.5 Å². The number of amides is 1. The van der Waals surface area contributed by atoms with Crippen LogP contribution in [0.3, 0.4) is 0 Å². The maximum atomic E-state index is 13.2. The van der Waals surface area contributed by atoms with Crippen molar-refractivity contribution in [3.05, 3.63) is 134 Å². The molecule has 0 aliphatic rings. The lowest BCUT2D eigenvalue weighted by Crippen LogP contribution is -2.46. The Morgan fingerprint density at radius 3 is 1.32 bits per heavy atom. The van der Waals surface area contributed by atoms with Gasteiger partial charge in [0.15, 0.2) is 0 Å². The van der Waals surface area contributed by atoms with E-state index in [1.807, 2.05) is 97.2 Å². The lowest BCUT2D eigenvalue weighted by Gasteiger charge is -2.24. The maximum Gasteiger partial charge on any atom is 0.306 e. The molecule has 0 spiro atoms. The second-order valence-electron chi connectivity index (χ2n) is 17.1. The minimum atomic E-state index is -0.818. The highest BCUT2D eigenvalue weighted by molar-refractivity contribution is 5.77. The second kappa shape index (κ2) is 51.0. The Morgan fingerprint density at radius 2 is 0.862 bits per heavy atom. The van der Waals surface area contributed by atoms with Gasteiger partial charge in [0.2, 0.25) is 5.91 Å². The van der Waals surface area contributed by atoms with Crippen LogP contribution in [0.15, 0.2) is 134 Å². The molecule has 0 fully saturated rings. The maximum absolute atomic E-state index is 13.2. The largest absolute Gasteiger partial charge is 0.462 e. The van der Waals surface area contributed by atoms with E-state index in [9.17, 15) is 19.8 Å². The summed E-state index contributed by atoms with van der Waals surface area (Å²) in [5.74, 6) is -0.581. The third kappa shape index (κ3) is 46.3. The number of aliphatic hydroxyl groups is 2. The topological polar surface area (TPSA) is 95.9 Å². The number of ether oxygens (including phenoxy) is 1. The highest BCUT2D eigenvalue weighted by atomic mass is 16.5. The van der Waals surface area contributed by atoms with Gasteiger partial charge in [-0.1, -0.05) is 257 Å². The van der Waals surface area contributed by atoms with E-state index >= 15 is 0 Å². The minimum Gasteiger partial charge on any atom is -0.462 e. The first-order chi connectivity index (χ1) is 32.0. The highest BCUT2D eigenvalue weighted by Gasteiger charge is 2.24. The first kappa shape index (κ1) is 61.0. The molecule has 366 valence electrons. The molecule has 0 aromatic carbocycles. The Hall–Kier alpha value is -4.00. The number of nitrogens with one attached hydrogen (secondary N) is 1. The average Bonchev–Trinajstić information content (AvgIpc) is 3.30. The van der Waals surface area contributed by atoms with E-state index in [4.69, 9.17) is 4.74 Å². The van der Waals surface area contributed by atoms with Gasteiger partial charge >= 0.3 is 5.97 Å². The molecular formula is C59H95NO5. The van der Waals surface area contributed by atoms with Crippen molar-refractivity contribution in [2.45, 2.75) is 219 Å². The molecule has 0 aromatic rings. The molecule has 3 unspecified atom stereocenters. The van der Waals surface area contributed by atoms with E-state index in [1.165, 1.54) is 64.2 Å². The molecule has 65 heavy (non-hydrogen) atoms. The van der Waals surface area contributed by atoms with Gasteiger partial charge in [0.25, 0.3) is 0 Å². The monoisotopic (exact) mass is 898 g/mol. The Morgan fingerprint density at radius 1 is 0.462 bits per heavy atom. The molecule has 6 heteroatoms. The summed E-state index contributed by atoms with van der Waals surface area (Å²) in [4.78, 5) is 26.2. The van der Waals surface area contributed by atoms with Crippen molar-refractivity contribution >= 4 is 11.9 Å². The molecule has 6 nitrogen and oxygen atoms in total. The Balaban J connectivity index is 4.82. The van der Waals surface area contributed by atoms with Gasteiger partial charge in [0.1, 0.15) is 6.10 Å². The molecule has 0 aliphatic carbocycles. The van der Waals surface area contributed by atoms with Crippen molar-refractivity contribution in [2.24, 2.45) is 0 Å². The zero-order chi connectivity index (χ0) is 47.4. The molecule has 0 saturated carbocycles. The van der Waals surface area contributed by atoms with Gasteiger partial charge in [0.05, 0.1) is 25.2 Å². The van der Waals surface area contributed by atoms with Gasteiger partial charge in [-0.15, -0.1) is 0 Å². The SMILES string of the molecule is CC\C=C/C=C/C=C/C=C\C=C\C=C\CCCCCC(=O)OC(CCCCC/C=C/C=C/C=C/C=C/C=C/CCC)CC(=O)NC(CO)C(O)CCCCCCCCCCCCCCC. The average molecular weight is 898 g/mol. The van der Waals surface area contributed by atoms with E-state index in [-0.39, 0.29) is 24.9 Å². The van der Waals surface area contributed by atoms with Crippen LogP contribution in [0.5, 0.6) is 0 Å². The quantitative estimate of drug-likeness (QED) is 0.0322. The summed E-state index contributed by atoms with van der Waals surface area (Å²) < 4.78 is 5.90. The molecule has 3 atom stereocenters. The number of aliphatic hydroxyl groups excluding tert-OH is 2. The summed E-state index contributed by atoms with van der Waals surface area (Å²) in [5.41, 5.74) is 0. The van der Waals surface area contributed by atoms with Gasteiger partial charge in [-0.25, -0.2) is 0 Å². The molecule has 3 N–H and O–H groups in total. The minimum absolute atomic E-state index is 0.0214. The summed E-state index contributed by atoms with van der Waals surface area (Å²) in [5, 5.41) is 23.8. The third-order valence-electron chi connectivity index (χ3n) is 11.0. The number of esters is 1. The summed E-state index contributed by atoms with van der Waals surface area (Å²) in [6.07, 6.45) is 72.1. The van der Waals surface area contributed by atoms with Gasteiger partial charge in [-0.2, -0.15) is 0 Å². The van der Waals surface area contributed by atoms with Crippen molar-refractivity contribution in [1.29, 1.82) is 0 Å². The van der Waals surface area contributed by atoms with E-state index in [2.05, 4.69) is 62.5 Å². The number of allylic oxidation sites excluding steroid dienone is 22. The van der Waals surface area contributed by atoms with Crippen molar-refractivity contribution in [3.63, 3.8) is 0 Å². The fourth-order valence-corrected chi connectivity index (χ4v) is 7.08. The standard InChI is InChI=1S/C59H95NO5/c1-4-7-10-13-16-19-22-25-27-29-31-34-37-40-43-46-49-52-59(64)65-55(50-47-44-41-38-35-33-30-28-26-23-20-17-14-11-8-5-2)53-58(63)60-56(54-61)57(62)51-48-45-42-39-36-32-24-21-18-15-12-9-6-3/h7,10-11,13-14,16-17,19-20,22-23,25-31,33-35,37,55-57,61-62H,4-6,8-9,12,15,18,21,24,32,36,38-54H2,1-3H3,(H,60,63)/b10-7-,14-11+,16-13+,20-17+,22-19+,26-23+,27-25-,30-28+,31-29+,35-33+,37-34+. The number of carbonyl (C=O) groups excluding carboxylic acids is 2. The Bertz CT molecular complexity index is 1420. The Kier molecular flexibility index (Phi) is 47.9. The molecule has 0 bridgehead atoms. The van der Waals surface area contributed by atoms with Crippen LogP contribution in [0.25, 0.3) is 0 Å². The van der Waals surface area contributed by atoms with E-state index in [0.717, 1.165) is 89.9 Å². The van der Waals surface area contributed by atoms with Crippen LogP contribution >= 0.6 is 0 Å². The summed E-state index contributed by atoms with van der Waals surface area (Å²) in [6.45, 7) is 6.21. The fraction of sp³-hybridized carbons (Fsp3) is 0.593. The predicted octanol–water partition coefficient (Wildman–Crippen LogP) is 15.8. The highest BCUT2D eigenvalue weighted by Crippen LogP contribution is 2.17. The van der Waals surface area contributed by atoms with Crippen molar-refractivity contribution in [1.82, 2.24) is 5.32 Å². The summed E-state index contributed by atoms with van der Waals surface area (Å²) in [6, 6.07) is -0.736. The summed E-state index contributed by atoms with van der Waals surface area (Å²) in [7, 11) is 0. The first-order valence-electron chi connectivity index (χ1n) is 26.1. The van der Waals surface area contributed by atoms with Crippen LogP contribution in [0.1, 0.15) is 201 Å². The van der Waals surface area contributed by atoms with E-state index < -0.39 is 18.2 Å². The number of hydrogen-bond acceptors (Lipinski definition) is 5. The van der Waals surface area contributed by atoms with Crippen molar-refractivity contribution in [2.75, 3.05) is 6.61 Å². The van der Waals surface area contributed by atoms with E-state index in [1.54, 1.807) is 0 Å². The van der Waals surface area contributed by atoms with E-state index in [0.29, 0.717) is 19.3 Å². The molecule has 0 rings (SSSR count). The molecule has 0 aromatic heterocycles. The number of carbonyl (C=O) groups is 2. The molecule has 0 saturated heterocycles. The smallest absolute Gasteiger partial charge is 0.306 e. The molecule has 0 heterocycles. The van der Waals surface area contributed by atoms with Gasteiger partial charge < -0.3 is 20.3 Å². The molecule has 0 aliphatic heterocycles. The molecule has 0 radical (unpaired) electrons. The third-order valence-corrected chi connectivity index (χ3v) is 11.0. The van der Waals surface area contributed by atoms with Crippen LogP contribution < -0.4 is 5.32 Å². The number of rotatable bonds is 44. The first-order valence-corrected chi connectivity index (χ1v) is 26.1. The second-order valence-corrected chi connectivity index (χ2v) is 17.1. The molecule has 1 amide bonds. The fourth-order valence-electron chi connectivity index (χ4n) is 7.08. The zero-order valence-electron chi connectivity index (χ0n) is 41.6. The van der Waals surface area contributed by atoms with Gasteiger partial charge in [0, 0.05) is 6.42 Å². The predicted molar refractivity (Wildman–Crippen MR) is 282 cm³/mol. The normalized spacial score (nSPS) is 14.4. The number of hydrogen-bond donors (Lipinski definition) is 3. The molecular weight excluding hydrogens is 803 g/mol. The van der Waals surface area contributed by atoms with Gasteiger partial charge in [-0.3, -0.25) is 9.59 Å². The Labute approximate surface area is 399 Å². The van der Waals surface area contributed by atoms with Crippen LogP contribution in [0.2, 0.25) is 0 Å². The summed E-state index contributed by atoms with van der Waals surface area (Å²) >= 11 is 0. The zero-order valence-corrected chi connectivity index (χ0v) is 41.6. The van der Waals surface area contributed by atoms with Crippen LogP contribution in [0.4, 0.5) is 0 Å². The lowest BCUT2D eigenvalue weighted by atomic mass is 10.0. The lowest BCUT2D eigenvalue weighted by molar-refractivity contribution is -0.151.